The minimum absolute atomic E-state index is 0.312. The third-order valence-electron chi connectivity index (χ3n) is 4.28. The van der Waals surface area contributed by atoms with E-state index >= 15 is 0 Å². The third kappa shape index (κ3) is 2.53. The van der Waals surface area contributed by atoms with E-state index in [9.17, 15) is 9.90 Å². The van der Waals surface area contributed by atoms with Crippen molar-refractivity contribution >= 4 is 22.3 Å². The van der Waals surface area contributed by atoms with Crippen LogP contribution < -0.4 is 0 Å². The van der Waals surface area contributed by atoms with Gasteiger partial charge in [0.15, 0.2) is 4.96 Å². The SMILES string of the molecule is Cc1ccc(-c2nc3sc(C(=O)O)c(-c4ccccc4)n3c2C)cc1. The molecular formula is C20H16N2O2S. The summed E-state index contributed by atoms with van der Waals surface area (Å²) in [5.74, 6) is -0.925. The van der Waals surface area contributed by atoms with Crippen LogP contribution in [0.5, 0.6) is 0 Å². The lowest BCUT2D eigenvalue weighted by Crippen LogP contribution is -1.99. The molecule has 0 aliphatic carbocycles. The summed E-state index contributed by atoms with van der Waals surface area (Å²) in [7, 11) is 0. The molecule has 4 rings (SSSR count). The maximum Gasteiger partial charge on any atom is 0.348 e. The largest absolute Gasteiger partial charge is 0.477 e. The van der Waals surface area contributed by atoms with E-state index in [1.807, 2.05) is 41.7 Å². The number of aromatic nitrogens is 2. The molecule has 124 valence electrons. The Hall–Kier alpha value is -2.92. The molecule has 2 heterocycles. The molecule has 0 saturated carbocycles. The fraction of sp³-hybridized carbons (Fsp3) is 0.100. The highest BCUT2D eigenvalue weighted by Crippen LogP contribution is 2.36. The van der Waals surface area contributed by atoms with Gasteiger partial charge in [-0.2, -0.15) is 0 Å². The standard InChI is InChI=1S/C20H16N2O2S/c1-12-8-10-14(11-9-12)16-13(2)22-17(15-6-4-3-5-7-15)18(19(23)24)25-20(22)21-16/h3-11H,1-2H3,(H,23,24). The predicted octanol–water partition coefficient (Wildman–Crippen LogP) is 5.04. The first kappa shape index (κ1) is 15.6. The summed E-state index contributed by atoms with van der Waals surface area (Å²) < 4.78 is 1.96. The van der Waals surface area contributed by atoms with E-state index in [1.54, 1.807) is 0 Å². The van der Waals surface area contributed by atoms with Crippen LogP contribution in [0.2, 0.25) is 0 Å². The molecule has 0 unspecified atom stereocenters. The Kier molecular flexibility index (Phi) is 3.66. The summed E-state index contributed by atoms with van der Waals surface area (Å²) in [4.78, 5) is 17.5. The number of carboxylic acids is 1. The summed E-state index contributed by atoms with van der Waals surface area (Å²) >= 11 is 1.21. The monoisotopic (exact) mass is 348 g/mol. The Bertz CT molecular complexity index is 1080. The Labute approximate surface area is 149 Å². The maximum atomic E-state index is 11.7. The first-order chi connectivity index (χ1) is 12.1. The third-order valence-corrected chi connectivity index (χ3v) is 5.30. The van der Waals surface area contributed by atoms with Crippen molar-refractivity contribution in [3.05, 3.63) is 70.7 Å². The first-order valence-corrected chi connectivity index (χ1v) is 8.75. The van der Waals surface area contributed by atoms with Crippen molar-refractivity contribution in [3.8, 4) is 22.5 Å². The van der Waals surface area contributed by atoms with Gasteiger partial charge in [-0.1, -0.05) is 71.5 Å². The normalized spacial score (nSPS) is 11.1. The Morgan fingerprint density at radius 1 is 1.00 bits per heavy atom. The number of carbonyl (C=O) groups is 1. The molecule has 0 saturated heterocycles. The molecule has 0 amide bonds. The van der Waals surface area contributed by atoms with Gasteiger partial charge in [0, 0.05) is 16.8 Å². The number of thiazole rings is 1. The molecular weight excluding hydrogens is 332 g/mol. The quantitative estimate of drug-likeness (QED) is 0.564. The summed E-state index contributed by atoms with van der Waals surface area (Å²) in [6.45, 7) is 4.04. The second kappa shape index (κ2) is 5.86. The fourth-order valence-corrected chi connectivity index (χ4v) is 4.07. The molecule has 0 spiro atoms. The van der Waals surface area contributed by atoms with E-state index in [2.05, 4.69) is 31.2 Å². The second-order valence-electron chi connectivity index (χ2n) is 5.98. The van der Waals surface area contributed by atoms with Crippen LogP contribution in [0, 0.1) is 13.8 Å². The molecule has 1 N–H and O–H groups in total. The molecule has 4 aromatic rings. The van der Waals surface area contributed by atoms with Crippen LogP contribution >= 0.6 is 11.3 Å². The van der Waals surface area contributed by atoms with Crippen LogP contribution in [0.3, 0.4) is 0 Å². The molecule has 0 aliphatic heterocycles. The van der Waals surface area contributed by atoms with Gasteiger partial charge in [-0.15, -0.1) is 0 Å². The second-order valence-corrected chi connectivity index (χ2v) is 6.96. The molecule has 2 aromatic heterocycles. The van der Waals surface area contributed by atoms with E-state index in [0.717, 1.165) is 22.5 Å². The van der Waals surface area contributed by atoms with Gasteiger partial charge in [-0.05, 0) is 13.8 Å². The van der Waals surface area contributed by atoms with E-state index in [1.165, 1.54) is 16.9 Å². The van der Waals surface area contributed by atoms with Gasteiger partial charge < -0.3 is 5.11 Å². The van der Waals surface area contributed by atoms with Crippen molar-refractivity contribution in [1.29, 1.82) is 0 Å². The maximum absolute atomic E-state index is 11.7. The lowest BCUT2D eigenvalue weighted by Gasteiger charge is -2.05. The van der Waals surface area contributed by atoms with E-state index in [0.29, 0.717) is 15.5 Å². The van der Waals surface area contributed by atoms with E-state index in [4.69, 9.17) is 4.98 Å². The highest BCUT2D eigenvalue weighted by Gasteiger charge is 2.23. The van der Waals surface area contributed by atoms with Crippen molar-refractivity contribution in [2.75, 3.05) is 0 Å². The molecule has 25 heavy (non-hydrogen) atoms. The van der Waals surface area contributed by atoms with E-state index < -0.39 is 5.97 Å². The van der Waals surface area contributed by atoms with Gasteiger partial charge in [0.2, 0.25) is 0 Å². The number of aryl methyl sites for hydroxylation is 2. The topological polar surface area (TPSA) is 54.6 Å². The number of fused-ring (bicyclic) bond motifs is 1. The zero-order valence-electron chi connectivity index (χ0n) is 13.9. The van der Waals surface area contributed by atoms with Crippen molar-refractivity contribution < 1.29 is 9.90 Å². The molecule has 0 bridgehead atoms. The van der Waals surface area contributed by atoms with Crippen molar-refractivity contribution in [3.63, 3.8) is 0 Å². The summed E-state index contributed by atoms with van der Waals surface area (Å²) in [6, 6.07) is 17.8. The molecule has 0 atom stereocenters. The summed E-state index contributed by atoms with van der Waals surface area (Å²) in [5, 5.41) is 9.62. The Balaban J connectivity index is 2.01. The van der Waals surface area contributed by atoms with Gasteiger partial charge in [0.05, 0.1) is 11.4 Å². The zero-order chi connectivity index (χ0) is 17.6. The Morgan fingerprint density at radius 2 is 1.68 bits per heavy atom. The smallest absolute Gasteiger partial charge is 0.348 e. The number of hydrogen-bond acceptors (Lipinski definition) is 3. The van der Waals surface area contributed by atoms with Crippen LogP contribution in [0.25, 0.3) is 27.5 Å². The van der Waals surface area contributed by atoms with Gasteiger partial charge in [0.1, 0.15) is 4.88 Å². The first-order valence-electron chi connectivity index (χ1n) is 7.94. The lowest BCUT2D eigenvalue weighted by molar-refractivity contribution is 0.0702. The zero-order valence-corrected chi connectivity index (χ0v) is 14.7. The number of carboxylic acid groups (broad SMARTS) is 1. The minimum Gasteiger partial charge on any atom is -0.477 e. The molecule has 5 heteroatoms. The fourth-order valence-electron chi connectivity index (χ4n) is 3.03. The molecule has 0 aliphatic rings. The summed E-state index contributed by atoms with van der Waals surface area (Å²) in [5.41, 5.74) is 5.64. The molecule has 0 fully saturated rings. The number of nitrogens with zero attached hydrogens (tertiary/aromatic N) is 2. The molecule has 0 radical (unpaired) electrons. The van der Waals surface area contributed by atoms with Gasteiger partial charge in [0.25, 0.3) is 0 Å². The van der Waals surface area contributed by atoms with Crippen LogP contribution in [-0.2, 0) is 0 Å². The average molecular weight is 348 g/mol. The van der Waals surface area contributed by atoms with Crippen LogP contribution in [0.1, 0.15) is 20.9 Å². The lowest BCUT2D eigenvalue weighted by atomic mass is 10.1. The Morgan fingerprint density at radius 3 is 2.32 bits per heavy atom. The van der Waals surface area contributed by atoms with Crippen molar-refractivity contribution in [1.82, 2.24) is 9.38 Å². The minimum atomic E-state index is -0.925. The molecule has 2 aromatic carbocycles. The average Bonchev–Trinajstić information content (AvgIpc) is 3.14. The number of imidazole rings is 1. The van der Waals surface area contributed by atoms with Crippen molar-refractivity contribution in [2.24, 2.45) is 0 Å². The van der Waals surface area contributed by atoms with Gasteiger partial charge >= 0.3 is 5.97 Å². The number of aromatic carboxylic acids is 1. The highest BCUT2D eigenvalue weighted by atomic mass is 32.1. The van der Waals surface area contributed by atoms with Gasteiger partial charge in [-0.3, -0.25) is 4.40 Å². The summed E-state index contributed by atoms with van der Waals surface area (Å²) in [6.07, 6.45) is 0. The van der Waals surface area contributed by atoms with Crippen molar-refractivity contribution in [2.45, 2.75) is 13.8 Å². The van der Waals surface area contributed by atoms with Gasteiger partial charge in [-0.25, -0.2) is 9.78 Å². The highest BCUT2D eigenvalue weighted by molar-refractivity contribution is 7.19. The van der Waals surface area contributed by atoms with Crippen LogP contribution in [-0.4, -0.2) is 20.5 Å². The van der Waals surface area contributed by atoms with Crippen LogP contribution in [0.15, 0.2) is 54.6 Å². The predicted molar refractivity (Wildman–Crippen MR) is 100 cm³/mol. The number of hydrogen-bond donors (Lipinski definition) is 1. The van der Waals surface area contributed by atoms with E-state index in [-0.39, 0.29) is 0 Å². The number of rotatable bonds is 3. The number of benzene rings is 2. The molecule has 4 nitrogen and oxygen atoms in total. The van der Waals surface area contributed by atoms with Crippen LogP contribution in [0.4, 0.5) is 0 Å².